The largest absolute Gasteiger partial charge is 0.243 e. The van der Waals surface area contributed by atoms with Crippen LogP contribution in [-0.2, 0) is 15.4 Å². The van der Waals surface area contributed by atoms with Gasteiger partial charge in [-0.2, -0.15) is 4.31 Å². The van der Waals surface area contributed by atoms with E-state index >= 15 is 0 Å². The number of benzene rings is 1. The lowest BCUT2D eigenvalue weighted by molar-refractivity contribution is 0.395. The lowest BCUT2D eigenvalue weighted by atomic mass is 9.87. The van der Waals surface area contributed by atoms with Crippen molar-refractivity contribution in [2.45, 2.75) is 57.3 Å². The first kappa shape index (κ1) is 16.5. The quantitative estimate of drug-likeness (QED) is 0.801. The molecular weight excluding hydrogens is 282 g/mol. The molecule has 1 aliphatic rings. The van der Waals surface area contributed by atoms with Gasteiger partial charge in [0.1, 0.15) is 0 Å². The van der Waals surface area contributed by atoms with Crippen LogP contribution < -0.4 is 0 Å². The third-order valence-electron chi connectivity index (χ3n) is 3.99. The molecule has 0 heterocycles. The van der Waals surface area contributed by atoms with Crippen molar-refractivity contribution in [3.05, 3.63) is 29.8 Å². The second-order valence-corrected chi connectivity index (χ2v) is 9.02. The number of rotatable bonds is 6. The van der Waals surface area contributed by atoms with E-state index < -0.39 is 10.0 Å². The summed E-state index contributed by atoms with van der Waals surface area (Å²) in [6.45, 7) is 9.71. The van der Waals surface area contributed by atoms with E-state index in [2.05, 4.69) is 20.8 Å². The highest BCUT2D eigenvalue weighted by molar-refractivity contribution is 7.89. The van der Waals surface area contributed by atoms with Crippen molar-refractivity contribution < 1.29 is 8.42 Å². The molecule has 1 saturated carbocycles. The molecule has 1 aromatic carbocycles. The molecule has 0 N–H and O–H groups in total. The summed E-state index contributed by atoms with van der Waals surface area (Å²) >= 11 is 0. The molecule has 3 nitrogen and oxygen atoms in total. The fourth-order valence-corrected chi connectivity index (χ4v) is 4.03. The summed E-state index contributed by atoms with van der Waals surface area (Å²) in [6, 6.07) is 7.39. The molecule has 118 valence electrons. The molecule has 0 atom stereocenters. The average molecular weight is 309 g/mol. The van der Waals surface area contributed by atoms with Crippen LogP contribution in [0.3, 0.4) is 0 Å². The van der Waals surface area contributed by atoms with Crippen LogP contribution in [0.1, 0.15) is 52.5 Å². The van der Waals surface area contributed by atoms with Crippen LogP contribution in [0.2, 0.25) is 0 Å². The fourth-order valence-electron chi connectivity index (χ4n) is 2.42. The first-order valence-electron chi connectivity index (χ1n) is 7.86. The van der Waals surface area contributed by atoms with E-state index in [1.54, 1.807) is 16.4 Å². The third-order valence-corrected chi connectivity index (χ3v) is 5.87. The molecular formula is C17H27NO2S. The van der Waals surface area contributed by atoms with Gasteiger partial charge in [-0.15, -0.1) is 0 Å². The standard InChI is InChI=1S/C17H27NO2S/c1-5-12-18(13-14-6-7-14)21(19,20)16-10-8-15(9-11-16)17(2,3)4/h8-11,14H,5-7,12-13H2,1-4H3. The zero-order valence-corrected chi connectivity index (χ0v) is 14.4. The van der Waals surface area contributed by atoms with E-state index in [1.807, 2.05) is 19.1 Å². The zero-order chi connectivity index (χ0) is 15.7. The Labute approximate surface area is 129 Å². The molecule has 0 amide bonds. The van der Waals surface area contributed by atoms with Crippen LogP contribution in [0.5, 0.6) is 0 Å². The first-order chi connectivity index (χ1) is 9.75. The molecule has 1 aliphatic carbocycles. The van der Waals surface area contributed by atoms with Crippen molar-refractivity contribution in [1.82, 2.24) is 4.31 Å². The molecule has 0 radical (unpaired) electrons. The van der Waals surface area contributed by atoms with E-state index in [1.165, 1.54) is 12.8 Å². The summed E-state index contributed by atoms with van der Waals surface area (Å²) < 4.78 is 27.2. The van der Waals surface area contributed by atoms with Crippen molar-refractivity contribution in [2.24, 2.45) is 5.92 Å². The molecule has 1 fully saturated rings. The first-order valence-corrected chi connectivity index (χ1v) is 9.30. The van der Waals surface area contributed by atoms with Gasteiger partial charge in [0.05, 0.1) is 4.90 Å². The molecule has 0 aromatic heterocycles. The van der Waals surface area contributed by atoms with Crippen molar-refractivity contribution >= 4 is 10.0 Å². The smallest absolute Gasteiger partial charge is 0.207 e. The van der Waals surface area contributed by atoms with Gasteiger partial charge in [0.2, 0.25) is 10.0 Å². The Kier molecular flexibility index (Phi) is 4.79. The topological polar surface area (TPSA) is 37.4 Å². The van der Waals surface area contributed by atoms with Crippen molar-refractivity contribution in [2.75, 3.05) is 13.1 Å². The molecule has 0 bridgehead atoms. The Morgan fingerprint density at radius 3 is 2.14 bits per heavy atom. The monoisotopic (exact) mass is 309 g/mol. The fraction of sp³-hybridized carbons (Fsp3) is 0.647. The minimum absolute atomic E-state index is 0.0411. The third kappa shape index (κ3) is 4.07. The zero-order valence-electron chi connectivity index (χ0n) is 13.6. The highest BCUT2D eigenvalue weighted by Crippen LogP contribution is 2.32. The van der Waals surface area contributed by atoms with Gasteiger partial charge in [-0.3, -0.25) is 0 Å². The van der Waals surface area contributed by atoms with E-state index in [0.29, 0.717) is 23.9 Å². The van der Waals surface area contributed by atoms with Gasteiger partial charge in [-0.25, -0.2) is 8.42 Å². The maximum absolute atomic E-state index is 12.8. The maximum Gasteiger partial charge on any atom is 0.243 e. The van der Waals surface area contributed by atoms with E-state index in [9.17, 15) is 8.42 Å². The van der Waals surface area contributed by atoms with Crippen LogP contribution in [0.4, 0.5) is 0 Å². The van der Waals surface area contributed by atoms with Gasteiger partial charge in [0, 0.05) is 13.1 Å². The van der Waals surface area contributed by atoms with E-state index in [-0.39, 0.29) is 5.41 Å². The Hall–Kier alpha value is -0.870. The number of hydrogen-bond donors (Lipinski definition) is 0. The minimum Gasteiger partial charge on any atom is -0.207 e. The Morgan fingerprint density at radius 1 is 1.14 bits per heavy atom. The highest BCUT2D eigenvalue weighted by Gasteiger charge is 2.31. The molecule has 21 heavy (non-hydrogen) atoms. The Morgan fingerprint density at radius 2 is 1.71 bits per heavy atom. The van der Waals surface area contributed by atoms with Gasteiger partial charge >= 0.3 is 0 Å². The normalized spacial score (nSPS) is 16.4. The summed E-state index contributed by atoms with van der Waals surface area (Å²) in [7, 11) is -3.35. The summed E-state index contributed by atoms with van der Waals surface area (Å²) in [5.74, 6) is 0.570. The SMILES string of the molecule is CCCN(CC1CC1)S(=O)(=O)c1ccc(C(C)(C)C)cc1. The van der Waals surface area contributed by atoms with Crippen LogP contribution >= 0.6 is 0 Å². The van der Waals surface area contributed by atoms with Gasteiger partial charge < -0.3 is 0 Å². The molecule has 2 rings (SSSR count). The predicted octanol–water partition coefficient (Wildman–Crippen LogP) is 3.79. The summed E-state index contributed by atoms with van der Waals surface area (Å²) in [6.07, 6.45) is 3.18. The molecule has 0 aliphatic heterocycles. The number of hydrogen-bond acceptors (Lipinski definition) is 2. The predicted molar refractivity (Wildman–Crippen MR) is 86.9 cm³/mol. The van der Waals surface area contributed by atoms with Crippen LogP contribution in [0.25, 0.3) is 0 Å². The second kappa shape index (κ2) is 6.09. The average Bonchev–Trinajstić information content (AvgIpc) is 3.21. The summed E-state index contributed by atoms with van der Waals surface area (Å²) in [5.41, 5.74) is 1.20. The molecule has 1 aromatic rings. The number of nitrogens with zero attached hydrogens (tertiary/aromatic N) is 1. The van der Waals surface area contributed by atoms with Gasteiger partial charge in [-0.1, -0.05) is 39.8 Å². The van der Waals surface area contributed by atoms with Crippen molar-refractivity contribution in [3.8, 4) is 0 Å². The maximum atomic E-state index is 12.8. The van der Waals surface area contributed by atoms with Gasteiger partial charge in [0.15, 0.2) is 0 Å². The van der Waals surface area contributed by atoms with Crippen LogP contribution in [-0.4, -0.2) is 25.8 Å². The summed E-state index contributed by atoms with van der Waals surface area (Å²) in [4.78, 5) is 0.421. The summed E-state index contributed by atoms with van der Waals surface area (Å²) in [5, 5.41) is 0. The minimum atomic E-state index is -3.35. The lowest BCUT2D eigenvalue weighted by Crippen LogP contribution is -2.33. The van der Waals surface area contributed by atoms with Crippen LogP contribution in [0.15, 0.2) is 29.2 Å². The number of sulfonamides is 1. The molecule has 0 saturated heterocycles. The lowest BCUT2D eigenvalue weighted by Gasteiger charge is -2.23. The van der Waals surface area contributed by atoms with Crippen molar-refractivity contribution in [3.63, 3.8) is 0 Å². The Bertz CT molecular complexity index is 566. The van der Waals surface area contributed by atoms with E-state index in [0.717, 1.165) is 12.0 Å². The van der Waals surface area contributed by atoms with Gasteiger partial charge in [0.25, 0.3) is 0 Å². The molecule has 0 unspecified atom stereocenters. The molecule has 0 spiro atoms. The molecule has 4 heteroatoms. The van der Waals surface area contributed by atoms with Gasteiger partial charge in [-0.05, 0) is 48.3 Å². The van der Waals surface area contributed by atoms with Crippen molar-refractivity contribution in [1.29, 1.82) is 0 Å². The Balaban J connectivity index is 2.24. The van der Waals surface area contributed by atoms with Crippen LogP contribution in [0, 0.1) is 5.92 Å². The highest BCUT2D eigenvalue weighted by atomic mass is 32.2. The second-order valence-electron chi connectivity index (χ2n) is 7.08. The van der Waals surface area contributed by atoms with E-state index in [4.69, 9.17) is 0 Å².